The normalized spacial score (nSPS) is 12.4. The summed E-state index contributed by atoms with van der Waals surface area (Å²) in [7, 11) is 0. The van der Waals surface area contributed by atoms with Crippen LogP contribution >= 0.6 is 0 Å². The van der Waals surface area contributed by atoms with E-state index in [9.17, 15) is 14.4 Å². The summed E-state index contributed by atoms with van der Waals surface area (Å²) in [6, 6.07) is 0. The summed E-state index contributed by atoms with van der Waals surface area (Å²) < 4.78 is 17.0. The first-order valence-corrected chi connectivity index (χ1v) is 34.3. The predicted molar refractivity (Wildman–Crippen MR) is 339 cm³/mol. The highest BCUT2D eigenvalue weighted by atomic mass is 16.6. The number of allylic oxidation sites excluding steroid dienone is 10. The minimum atomic E-state index is -0.778. The minimum absolute atomic E-state index is 0.0733. The molecule has 0 radical (unpaired) electrons. The molecule has 0 heterocycles. The molecule has 0 saturated heterocycles. The van der Waals surface area contributed by atoms with Crippen molar-refractivity contribution in [3.63, 3.8) is 0 Å². The second kappa shape index (κ2) is 66.6. The molecule has 0 N–H and O–H groups in total. The lowest BCUT2D eigenvalue weighted by atomic mass is 10.0. The third-order valence-corrected chi connectivity index (χ3v) is 15.2. The molecule has 0 saturated carbocycles. The Balaban J connectivity index is 4.31. The van der Waals surface area contributed by atoms with E-state index in [0.29, 0.717) is 19.3 Å². The van der Waals surface area contributed by atoms with Crippen molar-refractivity contribution in [2.24, 2.45) is 0 Å². The average Bonchev–Trinajstić information content (AvgIpc) is 3.44. The summed E-state index contributed by atoms with van der Waals surface area (Å²) in [6.07, 6.45) is 85.1. The number of rotatable bonds is 63. The molecular formula is C72H130O6. The molecule has 0 aliphatic rings. The van der Waals surface area contributed by atoms with Crippen molar-refractivity contribution in [2.75, 3.05) is 13.2 Å². The summed E-state index contributed by atoms with van der Waals surface area (Å²) in [5.74, 6) is -0.860. The fraction of sp³-hybridized carbons (Fsp3) is 0.819. The van der Waals surface area contributed by atoms with Crippen molar-refractivity contribution in [3.8, 4) is 0 Å². The largest absolute Gasteiger partial charge is 0.462 e. The van der Waals surface area contributed by atoms with Gasteiger partial charge in [-0.3, -0.25) is 14.4 Å². The van der Waals surface area contributed by atoms with E-state index in [1.54, 1.807) is 0 Å². The summed E-state index contributed by atoms with van der Waals surface area (Å²) in [5, 5.41) is 0. The molecule has 0 bridgehead atoms. The van der Waals surface area contributed by atoms with Gasteiger partial charge in [-0.15, -0.1) is 0 Å². The van der Waals surface area contributed by atoms with Crippen LogP contribution in [0.5, 0.6) is 0 Å². The van der Waals surface area contributed by atoms with Gasteiger partial charge in [-0.2, -0.15) is 0 Å². The second-order valence-electron chi connectivity index (χ2n) is 23.1. The van der Waals surface area contributed by atoms with Crippen LogP contribution < -0.4 is 0 Å². The third kappa shape index (κ3) is 63.9. The number of ether oxygens (including phenoxy) is 3. The number of esters is 3. The van der Waals surface area contributed by atoms with E-state index in [1.165, 1.54) is 244 Å². The smallest absolute Gasteiger partial charge is 0.306 e. The average molecular weight is 1090 g/mol. The van der Waals surface area contributed by atoms with Crippen molar-refractivity contribution in [1.82, 2.24) is 0 Å². The maximum Gasteiger partial charge on any atom is 0.306 e. The molecule has 0 aliphatic carbocycles. The lowest BCUT2D eigenvalue weighted by molar-refractivity contribution is -0.167. The highest BCUT2D eigenvalue weighted by Gasteiger charge is 2.19. The van der Waals surface area contributed by atoms with Gasteiger partial charge in [0, 0.05) is 19.3 Å². The SMILES string of the molecule is CCCCCCC/C=C\C/C=C\C/C=C\CCCCCCCCCCCCC(=O)OCC(COC(=O)CCCCCCCCCCCCCCCC)OC(=O)CCCCCCCCCCC/C=C\C/C=C\CCCCCCC. The lowest BCUT2D eigenvalue weighted by Gasteiger charge is -2.18. The Morgan fingerprint density at radius 1 is 0.256 bits per heavy atom. The molecule has 0 aromatic rings. The van der Waals surface area contributed by atoms with Crippen LogP contribution in [0.4, 0.5) is 0 Å². The molecule has 6 nitrogen and oxygen atoms in total. The fourth-order valence-electron chi connectivity index (χ4n) is 10.1. The quantitative estimate of drug-likeness (QED) is 0.0261. The maximum absolute atomic E-state index is 12.9. The first-order chi connectivity index (χ1) is 38.5. The van der Waals surface area contributed by atoms with Gasteiger partial charge >= 0.3 is 17.9 Å². The molecule has 1 unspecified atom stereocenters. The molecule has 0 aromatic carbocycles. The van der Waals surface area contributed by atoms with Gasteiger partial charge in [0.25, 0.3) is 0 Å². The predicted octanol–water partition coefficient (Wildman–Crippen LogP) is 23.5. The molecule has 78 heavy (non-hydrogen) atoms. The van der Waals surface area contributed by atoms with Gasteiger partial charge in [0.2, 0.25) is 0 Å². The molecule has 0 amide bonds. The van der Waals surface area contributed by atoms with Gasteiger partial charge in [0.05, 0.1) is 0 Å². The summed E-state index contributed by atoms with van der Waals surface area (Å²) >= 11 is 0. The van der Waals surface area contributed by atoms with Crippen LogP contribution in [-0.2, 0) is 28.6 Å². The van der Waals surface area contributed by atoms with E-state index in [1.807, 2.05) is 0 Å². The zero-order chi connectivity index (χ0) is 56.4. The molecule has 454 valence electrons. The minimum Gasteiger partial charge on any atom is -0.462 e. The van der Waals surface area contributed by atoms with E-state index in [0.717, 1.165) is 77.0 Å². The van der Waals surface area contributed by atoms with E-state index < -0.39 is 6.10 Å². The maximum atomic E-state index is 12.9. The van der Waals surface area contributed by atoms with Gasteiger partial charge in [0.1, 0.15) is 13.2 Å². The molecule has 0 fully saturated rings. The number of hydrogen-bond acceptors (Lipinski definition) is 6. The van der Waals surface area contributed by atoms with Crippen molar-refractivity contribution in [3.05, 3.63) is 60.8 Å². The lowest BCUT2D eigenvalue weighted by Crippen LogP contribution is -2.30. The summed E-state index contributed by atoms with van der Waals surface area (Å²) in [5.41, 5.74) is 0. The summed E-state index contributed by atoms with van der Waals surface area (Å²) in [4.78, 5) is 38.4. The molecule has 0 aliphatic heterocycles. The monoisotopic (exact) mass is 1090 g/mol. The van der Waals surface area contributed by atoms with E-state index in [4.69, 9.17) is 14.2 Å². The van der Waals surface area contributed by atoms with Crippen LogP contribution in [0.1, 0.15) is 361 Å². The van der Waals surface area contributed by atoms with Crippen LogP contribution in [0.15, 0.2) is 60.8 Å². The van der Waals surface area contributed by atoms with Crippen LogP contribution in [0.2, 0.25) is 0 Å². The second-order valence-corrected chi connectivity index (χ2v) is 23.1. The highest BCUT2D eigenvalue weighted by molar-refractivity contribution is 5.71. The van der Waals surface area contributed by atoms with E-state index in [-0.39, 0.29) is 31.1 Å². The van der Waals surface area contributed by atoms with Crippen molar-refractivity contribution in [2.45, 2.75) is 367 Å². The van der Waals surface area contributed by atoms with Crippen LogP contribution in [0.3, 0.4) is 0 Å². The molecule has 0 spiro atoms. The summed E-state index contributed by atoms with van der Waals surface area (Å²) in [6.45, 7) is 6.67. The van der Waals surface area contributed by atoms with Gasteiger partial charge in [0.15, 0.2) is 6.10 Å². The van der Waals surface area contributed by atoms with E-state index >= 15 is 0 Å². The first kappa shape index (κ1) is 75.1. The number of carbonyl (C=O) groups excluding carboxylic acids is 3. The van der Waals surface area contributed by atoms with Crippen LogP contribution in [0, 0.1) is 0 Å². The van der Waals surface area contributed by atoms with Crippen LogP contribution in [0.25, 0.3) is 0 Å². The standard InChI is InChI=1S/C72H130O6/c1-4-7-10-13-16-19-22-25-28-30-32-34-35-36-37-39-40-42-44-47-50-53-56-59-62-65-71(74)77-68-69(67-76-70(73)64-61-58-55-52-49-46-27-24-21-18-15-12-9-6-3)78-72(75)66-63-60-57-54-51-48-45-43-41-38-33-31-29-26-23-20-17-14-11-8-5-2/h22-23,25-26,30-33,35-36,69H,4-21,24,27-29,34,37-68H2,1-3H3/b25-22-,26-23-,32-30-,33-31-,36-35-. The molecule has 0 rings (SSSR count). The van der Waals surface area contributed by atoms with Crippen molar-refractivity contribution < 1.29 is 28.6 Å². The zero-order valence-electron chi connectivity index (χ0n) is 52.2. The Kier molecular flexibility index (Phi) is 64.2. The molecule has 6 heteroatoms. The Bertz CT molecular complexity index is 1390. The topological polar surface area (TPSA) is 78.9 Å². The van der Waals surface area contributed by atoms with Crippen LogP contribution in [-0.4, -0.2) is 37.2 Å². The zero-order valence-corrected chi connectivity index (χ0v) is 52.2. The number of hydrogen-bond donors (Lipinski definition) is 0. The Morgan fingerprint density at radius 2 is 0.462 bits per heavy atom. The third-order valence-electron chi connectivity index (χ3n) is 15.2. The van der Waals surface area contributed by atoms with Crippen molar-refractivity contribution in [1.29, 1.82) is 0 Å². The Hall–Kier alpha value is -2.89. The number of carbonyl (C=O) groups is 3. The molecule has 1 atom stereocenters. The Labute approximate surface area is 485 Å². The van der Waals surface area contributed by atoms with Gasteiger partial charge in [-0.05, 0) is 89.9 Å². The first-order valence-electron chi connectivity index (χ1n) is 34.3. The van der Waals surface area contributed by atoms with Gasteiger partial charge < -0.3 is 14.2 Å². The molecule has 0 aromatic heterocycles. The van der Waals surface area contributed by atoms with Gasteiger partial charge in [-0.25, -0.2) is 0 Å². The Morgan fingerprint density at radius 3 is 0.718 bits per heavy atom. The van der Waals surface area contributed by atoms with Crippen molar-refractivity contribution >= 4 is 17.9 Å². The van der Waals surface area contributed by atoms with E-state index in [2.05, 4.69) is 81.5 Å². The fourth-order valence-corrected chi connectivity index (χ4v) is 10.1. The highest BCUT2D eigenvalue weighted by Crippen LogP contribution is 2.17. The number of unbranched alkanes of at least 4 members (excludes halogenated alkanes) is 42. The molecular weight excluding hydrogens is 961 g/mol. The van der Waals surface area contributed by atoms with Gasteiger partial charge in [-0.1, -0.05) is 313 Å².